The molecule has 19 heavy (non-hydrogen) atoms. The molecule has 1 aromatic rings. The smallest absolute Gasteiger partial charge is 0.123 e. The van der Waals surface area contributed by atoms with E-state index in [1.165, 1.54) is 12.0 Å². The Kier molecular flexibility index (Phi) is 5.23. The molecule has 0 spiro atoms. The van der Waals surface area contributed by atoms with Gasteiger partial charge in [0.05, 0.1) is 0 Å². The number of benzene rings is 1. The van der Waals surface area contributed by atoms with Crippen LogP contribution in [0.1, 0.15) is 25.8 Å². The van der Waals surface area contributed by atoms with Gasteiger partial charge in [-0.1, -0.05) is 38.5 Å². The first-order valence-corrected chi connectivity index (χ1v) is 7.35. The van der Waals surface area contributed by atoms with Gasteiger partial charge in [-0.3, -0.25) is 4.90 Å². The molecular weight excluding hydrogens is 236 g/mol. The molecule has 3 heteroatoms. The van der Waals surface area contributed by atoms with Crippen molar-refractivity contribution in [3.63, 3.8) is 0 Å². The monoisotopic (exact) mass is 262 g/mol. The lowest BCUT2D eigenvalue weighted by atomic mass is 9.98. The molecular formula is C16H26N2O. The summed E-state index contributed by atoms with van der Waals surface area (Å²) in [6.45, 7) is 8.45. The minimum atomic E-state index is 0.551. The Morgan fingerprint density at radius 3 is 2.89 bits per heavy atom. The van der Waals surface area contributed by atoms with Gasteiger partial charge in [-0.05, 0) is 19.0 Å². The van der Waals surface area contributed by atoms with Gasteiger partial charge >= 0.3 is 0 Å². The van der Waals surface area contributed by atoms with Gasteiger partial charge < -0.3 is 10.1 Å². The molecule has 0 bridgehead atoms. The Labute approximate surface area is 116 Å². The number of nitrogens with zero attached hydrogens (tertiary/aromatic N) is 1. The highest BCUT2D eigenvalue weighted by atomic mass is 16.5. The number of hydrogen-bond acceptors (Lipinski definition) is 3. The summed E-state index contributed by atoms with van der Waals surface area (Å²) in [5.41, 5.74) is 1.30. The zero-order chi connectivity index (χ0) is 13.7. The zero-order valence-electron chi connectivity index (χ0n) is 12.4. The number of rotatable bonds is 5. The first kappa shape index (κ1) is 14.4. The zero-order valence-corrected chi connectivity index (χ0v) is 12.4. The van der Waals surface area contributed by atoms with Crippen LogP contribution in [0.4, 0.5) is 0 Å². The summed E-state index contributed by atoms with van der Waals surface area (Å²) in [7, 11) is 2.07. The molecule has 0 fully saturated rings. The Hall–Kier alpha value is -1.06. The predicted molar refractivity (Wildman–Crippen MR) is 79.5 cm³/mol. The van der Waals surface area contributed by atoms with Crippen molar-refractivity contribution in [3.8, 4) is 5.75 Å². The van der Waals surface area contributed by atoms with Crippen molar-refractivity contribution in [1.82, 2.24) is 10.2 Å². The molecule has 2 atom stereocenters. The summed E-state index contributed by atoms with van der Waals surface area (Å²) in [6, 6.07) is 8.93. The Bertz CT molecular complexity index is 394. The quantitative estimate of drug-likeness (QED) is 0.882. The van der Waals surface area contributed by atoms with Crippen LogP contribution < -0.4 is 10.1 Å². The summed E-state index contributed by atoms with van der Waals surface area (Å²) in [6.07, 6.45) is 1.21. The lowest BCUT2D eigenvalue weighted by Crippen LogP contribution is -2.43. The SMILES string of the molecule is CCC(C)C(CN1CCOc2ccccc2C1)NC. The molecule has 3 nitrogen and oxygen atoms in total. The molecule has 2 unspecified atom stereocenters. The Morgan fingerprint density at radius 2 is 2.16 bits per heavy atom. The van der Waals surface area contributed by atoms with Crippen molar-refractivity contribution in [2.24, 2.45) is 5.92 Å². The van der Waals surface area contributed by atoms with E-state index in [4.69, 9.17) is 4.74 Å². The van der Waals surface area contributed by atoms with Crippen LogP contribution in [0.3, 0.4) is 0 Å². The standard InChI is InChI=1S/C16H26N2O/c1-4-13(2)15(17-3)12-18-9-10-19-16-8-6-5-7-14(16)11-18/h5-8,13,15,17H,4,9-12H2,1-3H3. The minimum absolute atomic E-state index is 0.551. The average molecular weight is 262 g/mol. The fourth-order valence-corrected chi connectivity index (χ4v) is 2.65. The highest BCUT2D eigenvalue weighted by molar-refractivity contribution is 5.33. The first-order chi connectivity index (χ1) is 9.24. The maximum atomic E-state index is 5.82. The minimum Gasteiger partial charge on any atom is -0.492 e. The summed E-state index contributed by atoms with van der Waals surface area (Å²) < 4.78 is 5.82. The highest BCUT2D eigenvalue weighted by Gasteiger charge is 2.20. The van der Waals surface area contributed by atoms with E-state index in [-0.39, 0.29) is 0 Å². The van der Waals surface area contributed by atoms with E-state index in [2.05, 4.69) is 49.3 Å². The third kappa shape index (κ3) is 3.71. The number of hydrogen-bond donors (Lipinski definition) is 1. The van der Waals surface area contributed by atoms with Crippen LogP contribution in [0.25, 0.3) is 0 Å². The lowest BCUT2D eigenvalue weighted by Gasteiger charge is -2.29. The molecule has 1 aliphatic heterocycles. The van der Waals surface area contributed by atoms with Crippen molar-refractivity contribution in [1.29, 1.82) is 0 Å². The lowest BCUT2D eigenvalue weighted by molar-refractivity contribution is 0.189. The molecule has 1 aliphatic rings. The molecule has 0 aromatic heterocycles. The van der Waals surface area contributed by atoms with Gasteiger partial charge in [0.1, 0.15) is 12.4 Å². The van der Waals surface area contributed by atoms with E-state index in [0.29, 0.717) is 12.0 Å². The average Bonchev–Trinajstić information content (AvgIpc) is 2.65. The third-order valence-electron chi connectivity index (χ3n) is 4.19. The predicted octanol–water partition coefficient (Wildman–Crippen LogP) is 2.52. The molecule has 0 saturated carbocycles. The topological polar surface area (TPSA) is 24.5 Å². The van der Waals surface area contributed by atoms with E-state index in [1.54, 1.807) is 0 Å². The molecule has 0 amide bonds. The largest absolute Gasteiger partial charge is 0.492 e. The van der Waals surface area contributed by atoms with E-state index in [1.807, 2.05) is 6.07 Å². The number of para-hydroxylation sites is 1. The van der Waals surface area contributed by atoms with Gasteiger partial charge in [0.15, 0.2) is 0 Å². The van der Waals surface area contributed by atoms with E-state index in [9.17, 15) is 0 Å². The second kappa shape index (κ2) is 6.92. The van der Waals surface area contributed by atoms with Crippen molar-refractivity contribution in [2.75, 3.05) is 26.7 Å². The number of nitrogens with one attached hydrogen (secondary N) is 1. The number of fused-ring (bicyclic) bond motifs is 1. The second-order valence-corrected chi connectivity index (χ2v) is 5.47. The molecule has 1 N–H and O–H groups in total. The van der Waals surface area contributed by atoms with Gasteiger partial charge in [-0.15, -0.1) is 0 Å². The van der Waals surface area contributed by atoms with Gasteiger partial charge in [0.2, 0.25) is 0 Å². The van der Waals surface area contributed by atoms with Crippen LogP contribution >= 0.6 is 0 Å². The fraction of sp³-hybridized carbons (Fsp3) is 0.625. The first-order valence-electron chi connectivity index (χ1n) is 7.35. The molecule has 0 radical (unpaired) electrons. The number of likely N-dealkylation sites (N-methyl/N-ethyl adjacent to an activating group) is 1. The third-order valence-corrected chi connectivity index (χ3v) is 4.19. The molecule has 1 heterocycles. The maximum absolute atomic E-state index is 5.82. The van der Waals surface area contributed by atoms with Gasteiger partial charge in [-0.25, -0.2) is 0 Å². The van der Waals surface area contributed by atoms with Crippen LogP contribution in [-0.4, -0.2) is 37.7 Å². The molecule has 2 rings (SSSR count). The van der Waals surface area contributed by atoms with Crippen LogP contribution in [0.5, 0.6) is 5.75 Å². The van der Waals surface area contributed by atoms with Crippen LogP contribution in [0, 0.1) is 5.92 Å². The van der Waals surface area contributed by atoms with E-state index < -0.39 is 0 Å². The highest BCUT2D eigenvalue weighted by Crippen LogP contribution is 2.23. The van der Waals surface area contributed by atoms with Crippen LogP contribution in [0.15, 0.2) is 24.3 Å². The van der Waals surface area contributed by atoms with E-state index in [0.717, 1.165) is 32.0 Å². The van der Waals surface area contributed by atoms with E-state index >= 15 is 0 Å². The second-order valence-electron chi connectivity index (χ2n) is 5.47. The van der Waals surface area contributed by atoms with Crippen LogP contribution in [0.2, 0.25) is 0 Å². The fourth-order valence-electron chi connectivity index (χ4n) is 2.65. The summed E-state index contributed by atoms with van der Waals surface area (Å²) >= 11 is 0. The van der Waals surface area contributed by atoms with Crippen molar-refractivity contribution in [3.05, 3.63) is 29.8 Å². The summed E-state index contributed by atoms with van der Waals surface area (Å²) in [5.74, 6) is 1.75. The molecule has 106 valence electrons. The maximum Gasteiger partial charge on any atom is 0.123 e. The van der Waals surface area contributed by atoms with Crippen molar-refractivity contribution in [2.45, 2.75) is 32.9 Å². The van der Waals surface area contributed by atoms with Crippen molar-refractivity contribution < 1.29 is 4.74 Å². The Balaban J connectivity index is 2.02. The molecule has 0 aliphatic carbocycles. The van der Waals surface area contributed by atoms with Gasteiger partial charge in [-0.2, -0.15) is 0 Å². The van der Waals surface area contributed by atoms with Gasteiger partial charge in [0.25, 0.3) is 0 Å². The molecule has 1 aromatic carbocycles. The Morgan fingerprint density at radius 1 is 1.37 bits per heavy atom. The van der Waals surface area contributed by atoms with Crippen molar-refractivity contribution >= 4 is 0 Å². The summed E-state index contributed by atoms with van der Waals surface area (Å²) in [5, 5.41) is 3.46. The van der Waals surface area contributed by atoms with Gasteiger partial charge in [0, 0.05) is 31.2 Å². The summed E-state index contributed by atoms with van der Waals surface area (Å²) in [4.78, 5) is 2.50. The number of ether oxygens (including phenoxy) is 1. The van der Waals surface area contributed by atoms with Crippen LogP contribution in [-0.2, 0) is 6.54 Å². The molecule has 0 saturated heterocycles. The normalized spacial score (nSPS) is 19.1.